The van der Waals surface area contributed by atoms with Crippen molar-refractivity contribution in [3.63, 3.8) is 0 Å². The van der Waals surface area contributed by atoms with E-state index in [-0.39, 0.29) is 6.61 Å². The van der Waals surface area contributed by atoms with Crippen LogP contribution in [0.1, 0.15) is 11.7 Å². The van der Waals surface area contributed by atoms with Crippen molar-refractivity contribution in [1.29, 1.82) is 0 Å². The Balaban J connectivity index is 3.17. The highest BCUT2D eigenvalue weighted by atomic mass is 16.5. The molecule has 1 atom stereocenters. The molecule has 1 aromatic rings. The summed E-state index contributed by atoms with van der Waals surface area (Å²) < 4.78 is 20.5. The number of ether oxygens (including phenoxy) is 4. The average Bonchev–Trinajstić information content (AvgIpc) is 2.37. The first-order valence-corrected chi connectivity index (χ1v) is 5.14. The van der Waals surface area contributed by atoms with Gasteiger partial charge in [-0.25, -0.2) is 0 Å². The zero-order valence-corrected chi connectivity index (χ0v) is 10.5. The second kappa shape index (κ2) is 6.32. The van der Waals surface area contributed by atoms with Crippen LogP contribution in [-0.4, -0.2) is 40.2 Å². The topological polar surface area (TPSA) is 57.2 Å². The maximum Gasteiger partial charge on any atom is 0.203 e. The Hall–Kier alpha value is -1.46. The maximum atomic E-state index is 9.85. The van der Waals surface area contributed by atoms with Crippen LogP contribution >= 0.6 is 0 Å². The molecule has 0 heterocycles. The predicted molar refractivity (Wildman–Crippen MR) is 62.9 cm³/mol. The molecule has 0 radical (unpaired) electrons. The van der Waals surface area contributed by atoms with E-state index in [1.165, 1.54) is 28.4 Å². The molecule has 0 aromatic heterocycles. The summed E-state index contributed by atoms with van der Waals surface area (Å²) >= 11 is 0. The second-order valence-electron chi connectivity index (χ2n) is 3.43. The molecule has 0 aliphatic carbocycles. The van der Waals surface area contributed by atoms with Crippen LogP contribution in [0.3, 0.4) is 0 Å². The molecular formula is C12H18O5. The van der Waals surface area contributed by atoms with Gasteiger partial charge >= 0.3 is 0 Å². The molecule has 0 saturated heterocycles. The van der Waals surface area contributed by atoms with Gasteiger partial charge in [0.15, 0.2) is 11.5 Å². The molecule has 17 heavy (non-hydrogen) atoms. The van der Waals surface area contributed by atoms with Crippen LogP contribution in [-0.2, 0) is 4.74 Å². The Morgan fingerprint density at radius 3 is 1.88 bits per heavy atom. The molecule has 1 unspecified atom stereocenters. The van der Waals surface area contributed by atoms with E-state index in [1.54, 1.807) is 12.1 Å². The SMILES string of the molecule is COCC(O)c1cc(OC)c(OC)c(OC)c1. The lowest BCUT2D eigenvalue weighted by atomic mass is 10.1. The number of hydrogen-bond acceptors (Lipinski definition) is 5. The van der Waals surface area contributed by atoms with Gasteiger partial charge < -0.3 is 24.1 Å². The van der Waals surface area contributed by atoms with Gasteiger partial charge in [-0.3, -0.25) is 0 Å². The highest BCUT2D eigenvalue weighted by molar-refractivity contribution is 5.54. The second-order valence-corrected chi connectivity index (χ2v) is 3.43. The first-order valence-electron chi connectivity index (χ1n) is 5.14. The molecule has 0 bridgehead atoms. The van der Waals surface area contributed by atoms with Crippen LogP contribution in [0.4, 0.5) is 0 Å². The number of hydrogen-bond donors (Lipinski definition) is 1. The fourth-order valence-electron chi connectivity index (χ4n) is 1.55. The molecule has 0 saturated carbocycles. The van der Waals surface area contributed by atoms with Gasteiger partial charge in [0.1, 0.15) is 6.10 Å². The van der Waals surface area contributed by atoms with E-state index in [0.29, 0.717) is 22.8 Å². The first kappa shape index (κ1) is 13.6. The molecule has 0 fully saturated rings. The third kappa shape index (κ3) is 3.01. The highest BCUT2D eigenvalue weighted by Crippen LogP contribution is 2.39. The average molecular weight is 242 g/mol. The summed E-state index contributed by atoms with van der Waals surface area (Å²) in [6, 6.07) is 3.40. The fourth-order valence-corrected chi connectivity index (χ4v) is 1.55. The number of aliphatic hydroxyl groups excluding tert-OH is 1. The Morgan fingerprint density at radius 2 is 1.53 bits per heavy atom. The predicted octanol–water partition coefficient (Wildman–Crippen LogP) is 1.39. The summed E-state index contributed by atoms with van der Waals surface area (Å²) in [5.74, 6) is 1.53. The summed E-state index contributed by atoms with van der Waals surface area (Å²) in [6.07, 6.45) is -0.728. The van der Waals surface area contributed by atoms with Crippen molar-refractivity contribution >= 4 is 0 Å². The molecule has 1 aromatic carbocycles. The molecular weight excluding hydrogens is 224 g/mol. The first-order chi connectivity index (χ1) is 8.17. The van der Waals surface area contributed by atoms with Gasteiger partial charge in [0, 0.05) is 7.11 Å². The van der Waals surface area contributed by atoms with E-state index in [4.69, 9.17) is 18.9 Å². The van der Waals surface area contributed by atoms with Crippen molar-refractivity contribution in [3.05, 3.63) is 17.7 Å². The van der Waals surface area contributed by atoms with E-state index in [1.807, 2.05) is 0 Å². The van der Waals surface area contributed by atoms with Crippen LogP contribution in [0.25, 0.3) is 0 Å². The van der Waals surface area contributed by atoms with Gasteiger partial charge in [0.2, 0.25) is 5.75 Å². The van der Waals surface area contributed by atoms with Crippen LogP contribution < -0.4 is 14.2 Å². The van der Waals surface area contributed by atoms with Gasteiger partial charge in [-0.05, 0) is 17.7 Å². The summed E-state index contributed by atoms with van der Waals surface area (Å²) in [5, 5.41) is 9.85. The third-order valence-corrected chi connectivity index (χ3v) is 2.40. The lowest BCUT2D eigenvalue weighted by molar-refractivity contribution is 0.0640. The normalized spacial score (nSPS) is 12.1. The molecule has 96 valence electrons. The zero-order valence-electron chi connectivity index (χ0n) is 10.5. The molecule has 1 rings (SSSR count). The number of methoxy groups -OCH3 is 4. The standard InChI is InChI=1S/C12H18O5/c1-14-7-9(13)8-5-10(15-2)12(17-4)11(6-8)16-3/h5-6,9,13H,7H2,1-4H3. The smallest absolute Gasteiger partial charge is 0.203 e. The minimum atomic E-state index is -0.728. The molecule has 0 amide bonds. The maximum absolute atomic E-state index is 9.85. The van der Waals surface area contributed by atoms with E-state index in [2.05, 4.69) is 0 Å². The van der Waals surface area contributed by atoms with Gasteiger partial charge in [0.05, 0.1) is 27.9 Å². The largest absolute Gasteiger partial charge is 0.493 e. The van der Waals surface area contributed by atoms with E-state index < -0.39 is 6.10 Å². The summed E-state index contributed by atoms with van der Waals surface area (Å²) in [6.45, 7) is 0.207. The zero-order chi connectivity index (χ0) is 12.8. The van der Waals surface area contributed by atoms with Crippen molar-refractivity contribution in [1.82, 2.24) is 0 Å². The molecule has 0 aliphatic heterocycles. The molecule has 5 heteroatoms. The Bertz CT molecular complexity index is 339. The minimum absolute atomic E-state index is 0.207. The van der Waals surface area contributed by atoms with E-state index >= 15 is 0 Å². The minimum Gasteiger partial charge on any atom is -0.493 e. The Labute approximate surface area is 101 Å². The molecule has 1 N–H and O–H groups in total. The summed E-state index contributed by atoms with van der Waals surface area (Å²) in [5.41, 5.74) is 0.654. The summed E-state index contributed by atoms with van der Waals surface area (Å²) in [4.78, 5) is 0. The van der Waals surface area contributed by atoms with E-state index in [0.717, 1.165) is 0 Å². The van der Waals surface area contributed by atoms with Crippen molar-refractivity contribution in [2.45, 2.75) is 6.10 Å². The van der Waals surface area contributed by atoms with Crippen molar-refractivity contribution in [2.24, 2.45) is 0 Å². The lowest BCUT2D eigenvalue weighted by Gasteiger charge is -2.16. The van der Waals surface area contributed by atoms with E-state index in [9.17, 15) is 5.11 Å². The number of benzene rings is 1. The van der Waals surface area contributed by atoms with Crippen molar-refractivity contribution in [2.75, 3.05) is 35.0 Å². The lowest BCUT2D eigenvalue weighted by Crippen LogP contribution is -2.06. The van der Waals surface area contributed by atoms with Gasteiger partial charge in [-0.15, -0.1) is 0 Å². The van der Waals surface area contributed by atoms with Gasteiger partial charge in [-0.1, -0.05) is 0 Å². The van der Waals surface area contributed by atoms with Gasteiger partial charge in [0.25, 0.3) is 0 Å². The monoisotopic (exact) mass is 242 g/mol. The molecule has 5 nitrogen and oxygen atoms in total. The number of aliphatic hydroxyl groups is 1. The Morgan fingerprint density at radius 1 is 1.00 bits per heavy atom. The van der Waals surface area contributed by atoms with Crippen LogP contribution in [0, 0.1) is 0 Å². The molecule has 0 aliphatic rings. The van der Waals surface area contributed by atoms with Gasteiger partial charge in [-0.2, -0.15) is 0 Å². The quantitative estimate of drug-likeness (QED) is 0.817. The highest BCUT2D eigenvalue weighted by Gasteiger charge is 2.17. The van der Waals surface area contributed by atoms with Crippen molar-refractivity contribution < 1.29 is 24.1 Å². The third-order valence-electron chi connectivity index (χ3n) is 2.40. The summed E-state index contributed by atoms with van der Waals surface area (Å²) in [7, 11) is 6.13. The van der Waals surface area contributed by atoms with Crippen LogP contribution in [0.2, 0.25) is 0 Å². The number of rotatable bonds is 6. The van der Waals surface area contributed by atoms with Crippen LogP contribution in [0.5, 0.6) is 17.2 Å². The van der Waals surface area contributed by atoms with Crippen molar-refractivity contribution in [3.8, 4) is 17.2 Å². The van der Waals surface area contributed by atoms with Crippen LogP contribution in [0.15, 0.2) is 12.1 Å². The molecule has 0 spiro atoms. The fraction of sp³-hybridized carbons (Fsp3) is 0.500. The Kier molecular flexibility index (Phi) is 5.06.